The number of fused-ring (bicyclic) bond motifs is 2. The van der Waals surface area contributed by atoms with Crippen LogP contribution in [0.4, 0.5) is 0 Å². The molecule has 0 spiro atoms. The molecular formula is C31H40N4O5. The number of hydrogen-bond acceptors (Lipinski definition) is 7. The Kier molecular flexibility index (Phi) is 7.06. The SMILES string of the molecule is CCC1(CC)CC(=O)N([C@H]2c3cc(C(=O)N[C@H]4CC(C)(C)Oc5ccccc54)ccc3O[C@]2(C)COC)C(N)=N1. The zero-order valence-corrected chi connectivity index (χ0v) is 24.2. The Labute approximate surface area is 236 Å². The van der Waals surface area contributed by atoms with Gasteiger partial charge in [-0.3, -0.25) is 14.5 Å². The summed E-state index contributed by atoms with van der Waals surface area (Å²) in [6, 6.07) is 12.3. The highest BCUT2D eigenvalue weighted by Gasteiger charge is 2.53. The average molecular weight is 549 g/mol. The van der Waals surface area contributed by atoms with Crippen LogP contribution in [0.25, 0.3) is 0 Å². The summed E-state index contributed by atoms with van der Waals surface area (Å²) in [4.78, 5) is 33.7. The quantitative estimate of drug-likeness (QED) is 0.520. The number of ether oxygens (including phenoxy) is 3. The van der Waals surface area contributed by atoms with Gasteiger partial charge in [0.25, 0.3) is 5.91 Å². The number of rotatable bonds is 7. The maximum absolute atomic E-state index is 13.7. The number of para-hydroxylation sites is 1. The fourth-order valence-electron chi connectivity index (χ4n) is 6.38. The molecule has 0 unspecified atom stereocenters. The normalized spacial score (nSPS) is 26.2. The number of nitrogens with one attached hydrogen (secondary N) is 1. The van der Waals surface area contributed by atoms with Gasteiger partial charge in [-0.25, -0.2) is 4.99 Å². The van der Waals surface area contributed by atoms with Crippen molar-refractivity contribution in [3.05, 3.63) is 59.2 Å². The third-order valence-corrected chi connectivity index (χ3v) is 8.52. The monoisotopic (exact) mass is 548 g/mol. The van der Waals surface area contributed by atoms with E-state index in [2.05, 4.69) is 5.32 Å². The van der Waals surface area contributed by atoms with E-state index in [0.29, 0.717) is 36.1 Å². The second kappa shape index (κ2) is 10.1. The molecule has 0 radical (unpaired) electrons. The zero-order valence-electron chi connectivity index (χ0n) is 24.2. The fourth-order valence-corrected chi connectivity index (χ4v) is 6.38. The van der Waals surface area contributed by atoms with Gasteiger partial charge in [0.1, 0.15) is 23.1 Å². The lowest BCUT2D eigenvalue weighted by molar-refractivity contribution is -0.135. The number of carbonyl (C=O) groups excluding carboxylic acids is 2. The summed E-state index contributed by atoms with van der Waals surface area (Å²) in [6.45, 7) is 10.2. The highest BCUT2D eigenvalue weighted by molar-refractivity contribution is 6.00. The number of benzene rings is 2. The van der Waals surface area contributed by atoms with Crippen molar-refractivity contribution < 1.29 is 23.8 Å². The maximum atomic E-state index is 13.7. The van der Waals surface area contributed by atoms with Crippen LogP contribution in [0.1, 0.15) is 93.9 Å². The van der Waals surface area contributed by atoms with Crippen molar-refractivity contribution in [1.82, 2.24) is 10.2 Å². The lowest BCUT2D eigenvalue weighted by atomic mass is 9.85. The summed E-state index contributed by atoms with van der Waals surface area (Å²) < 4.78 is 18.0. The molecule has 3 aliphatic rings. The molecule has 214 valence electrons. The third-order valence-electron chi connectivity index (χ3n) is 8.52. The first-order valence-electron chi connectivity index (χ1n) is 14.0. The Balaban J connectivity index is 1.50. The number of methoxy groups -OCH3 is 1. The molecule has 2 aromatic carbocycles. The van der Waals surface area contributed by atoms with Gasteiger partial charge in [0, 0.05) is 30.2 Å². The van der Waals surface area contributed by atoms with Crippen LogP contribution in [0.2, 0.25) is 0 Å². The molecule has 2 amide bonds. The van der Waals surface area contributed by atoms with E-state index in [-0.39, 0.29) is 36.8 Å². The minimum absolute atomic E-state index is 0.115. The van der Waals surface area contributed by atoms with E-state index in [4.69, 9.17) is 24.9 Å². The van der Waals surface area contributed by atoms with Gasteiger partial charge in [-0.05, 0) is 57.9 Å². The van der Waals surface area contributed by atoms with Crippen LogP contribution in [0.15, 0.2) is 47.5 Å². The summed E-state index contributed by atoms with van der Waals surface area (Å²) >= 11 is 0. The van der Waals surface area contributed by atoms with Gasteiger partial charge in [-0.1, -0.05) is 32.0 Å². The van der Waals surface area contributed by atoms with Crippen molar-refractivity contribution in [3.8, 4) is 11.5 Å². The van der Waals surface area contributed by atoms with Crippen molar-refractivity contribution in [2.24, 2.45) is 10.7 Å². The number of guanidine groups is 1. The molecule has 9 nitrogen and oxygen atoms in total. The van der Waals surface area contributed by atoms with Crippen molar-refractivity contribution >= 4 is 17.8 Å². The zero-order chi connectivity index (χ0) is 28.9. The molecule has 3 heterocycles. The highest BCUT2D eigenvalue weighted by Crippen LogP contribution is 2.49. The predicted molar refractivity (Wildman–Crippen MR) is 152 cm³/mol. The Morgan fingerprint density at radius 2 is 1.80 bits per heavy atom. The Morgan fingerprint density at radius 1 is 1.10 bits per heavy atom. The van der Waals surface area contributed by atoms with Crippen LogP contribution in [-0.2, 0) is 9.53 Å². The van der Waals surface area contributed by atoms with Crippen molar-refractivity contribution in [1.29, 1.82) is 0 Å². The van der Waals surface area contributed by atoms with Gasteiger partial charge < -0.3 is 25.3 Å². The molecule has 3 N–H and O–H groups in total. The number of hydrogen-bond donors (Lipinski definition) is 2. The van der Waals surface area contributed by atoms with E-state index in [1.807, 2.05) is 58.9 Å². The lowest BCUT2D eigenvalue weighted by Crippen LogP contribution is -2.58. The molecule has 0 fully saturated rings. The van der Waals surface area contributed by atoms with E-state index in [9.17, 15) is 9.59 Å². The molecule has 5 rings (SSSR count). The van der Waals surface area contributed by atoms with Crippen LogP contribution >= 0.6 is 0 Å². The summed E-state index contributed by atoms with van der Waals surface area (Å²) in [5.41, 5.74) is 6.76. The summed E-state index contributed by atoms with van der Waals surface area (Å²) in [5, 5.41) is 3.21. The van der Waals surface area contributed by atoms with Crippen molar-refractivity contribution in [2.45, 2.75) is 89.1 Å². The van der Waals surface area contributed by atoms with Gasteiger partial charge in [0.15, 0.2) is 11.6 Å². The van der Waals surface area contributed by atoms with E-state index >= 15 is 0 Å². The Bertz CT molecular complexity index is 1350. The number of nitrogens with two attached hydrogens (primary N) is 1. The molecule has 3 aliphatic heterocycles. The first kappa shape index (κ1) is 28.0. The van der Waals surface area contributed by atoms with Gasteiger partial charge in [-0.2, -0.15) is 0 Å². The smallest absolute Gasteiger partial charge is 0.251 e. The van der Waals surface area contributed by atoms with Gasteiger partial charge in [-0.15, -0.1) is 0 Å². The van der Waals surface area contributed by atoms with Crippen molar-refractivity contribution in [3.63, 3.8) is 0 Å². The molecule has 9 heteroatoms. The molecule has 0 bridgehead atoms. The molecule has 3 atom stereocenters. The van der Waals surface area contributed by atoms with E-state index in [1.54, 1.807) is 25.3 Å². The highest BCUT2D eigenvalue weighted by atomic mass is 16.5. The number of carbonyl (C=O) groups is 2. The van der Waals surface area contributed by atoms with Crippen LogP contribution in [0.3, 0.4) is 0 Å². The van der Waals surface area contributed by atoms with Gasteiger partial charge in [0.2, 0.25) is 5.91 Å². The number of nitrogens with zero attached hydrogens (tertiary/aromatic N) is 2. The van der Waals surface area contributed by atoms with E-state index in [0.717, 1.165) is 11.3 Å². The molecule has 0 saturated carbocycles. The molecule has 40 heavy (non-hydrogen) atoms. The van der Waals surface area contributed by atoms with Crippen molar-refractivity contribution in [2.75, 3.05) is 13.7 Å². The second-order valence-electron chi connectivity index (χ2n) is 12.0. The lowest BCUT2D eigenvalue weighted by Gasteiger charge is -2.42. The van der Waals surface area contributed by atoms with E-state index < -0.39 is 22.8 Å². The molecule has 0 aliphatic carbocycles. The first-order chi connectivity index (χ1) is 18.9. The Morgan fingerprint density at radius 3 is 2.48 bits per heavy atom. The third kappa shape index (κ3) is 4.80. The summed E-state index contributed by atoms with van der Waals surface area (Å²) in [7, 11) is 1.59. The predicted octanol–water partition coefficient (Wildman–Crippen LogP) is 4.66. The fraction of sp³-hybridized carbons (Fsp3) is 0.516. The Hall–Kier alpha value is -3.59. The maximum Gasteiger partial charge on any atom is 0.251 e. The first-order valence-corrected chi connectivity index (χ1v) is 14.0. The molecule has 2 aromatic rings. The van der Waals surface area contributed by atoms with E-state index in [1.165, 1.54) is 4.90 Å². The van der Waals surface area contributed by atoms with Gasteiger partial charge in [0.05, 0.1) is 24.6 Å². The topological polar surface area (TPSA) is 115 Å². The number of amides is 2. The largest absolute Gasteiger partial charge is 0.487 e. The summed E-state index contributed by atoms with van der Waals surface area (Å²) in [5.74, 6) is 1.19. The molecule has 0 saturated heterocycles. The summed E-state index contributed by atoms with van der Waals surface area (Å²) in [6.07, 6.45) is 2.32. The molecular weight excluding hydrogens is 508 g/mol. The second-order valence-corrected chi connectivity index (χ2v) is 12.0. The standard InChI is InChI=1S/C31H40N4O5/c1-7-31(8-2)17-25(36)35(28(32)34-31)26-21-15-19(13-14-24(21)40-30(26,5)18-38-6)27(37)33-22-16-29(3,4)39-23-12-10-9-11-20(22)23/h9-15,22,26H,7-8,16-18H2,1-6H3,(H2,32,34)(H,33,37)/t22-,26-,30+/m0/s1. The minimum Gasteiger partial charge on any atom is -0.487 e. The van der Waals surface area contributed by atoms with Crippen LogP contribution in [0.5, 0.6) is 11.5 Å². The number of aliphatic imine (C=N–C) groups is 1. The van der Waals surface area contributed by atoms with Crippen LogP contribution in [0, 0.1) is 0 Å². The average Bonchev–Trinajstić information content (AvgIpc) is 3.18. The van der Waals surface area contributed by atoms with Crippen LogP contribution in [-0.4, -0.2) is 53.1 Å². The minimum atomic E-state index is -0.927. The van der Waals surface area contributed by atoms with Gasteiger partial charge >= 0.3 is 0 Å². The molecule has 0 aromatic heterocycles. The van der Waals surface area contributed by atoms with Crippen LogP contribution < -0.4 is 20.5 Å².